The molecule has 0 saturated carbocycles. The van der Waals surface area contributed by atoms with E-state index < -0.39 is 48.4 Å². The van der Waals surface area contributed by atoms with Gasteiger partial charge in [-0.05, 0) is 25.0 Å². The Morgan fingerprint density at radius 2 is 1.63 bits per heavy atom. The molecule has 38 heavy (non-hydrogen) atoms. The molecule has 4 rings (SSSR count). The summed E-state index contributed by atoms with van der Waals surface area (Å²) in [7, 11) is 0. The van der Waals surface area contributed by atoms with E-state index in [2.05, 4.69) is 10.6 Å². The van der Waals surface area contributed by atoms with Crippen molar-refractivity contribution < 1.29 is 33.3 Å². The molecule has 2 aliphatic rings. The van der Waals surface area contributed by atoms with Gasteiger partial charge in [-0.1, -0.05) is 60.7 Å². The van der Waals surface area contributed by atoms with E-state index >= 15 is 0 Å². The van der Waals surface area contributed by atoms with Crippen LogP contribution < -0.4 is 10.6 Å². The number of nitrogens with zero attached hydrogens (tertiary/aromatic N) is 1. The molecule has 0 radical (unpaired) electrons. The van der Waals surface area contributed by atoms with Crippen molar-refractivity contribution in [3.05, 3.63) is 71.8 Å². The fraction of sp³-hybridized carbons (Fsp3) is 0.464. The summed E-state index contributed by atoms with van der Waals surface area (Å²) in [5.74, 6) is -1.35. The molecular formula is C28H35N3O7. The van der Waals surface area contributed by atoms with Crippen molar-refractivity contribution in [2.75, 3.05) is 6.61 Å². The fourth-order valence-corrected chi connectivity index (χ4v) is 4.44. The van der Waals surface area contributed by atoms with Crippen LogP contribution in [0.4, 0.5) is 0 Å². The molecule has 2 fully saturated rings. The molecule has 0 aliphatic carbocycles. The van der Waals surface area contributed by atoms with E-state index in [4.69, 9.17) is 28.7 Å². The van der Waals surface area contributed by atoms with Crippen molar-refractivity contribution in [3.63, 3.8) is 0 Å². The second-order valence-corrected chi connectivity index (χ2v) is 9.69. The van der Waals surface area contributed by atoms with Gasteiger partial charge in [0.1, 0.15) is 12.7 Å². The Balaban J connectivity index is 1.58. The average Bonchev–Trinajstić information content (AvgIpc) is 3.35. The highest BCUT2D eigenvalue weighted by Gasteiger charge is 2.58. The molecule has 0 aromatic heterocycles. The molecule has 0 spiro atoms. The monoisotopic (exact) mass is 525 g/mol. The number of carbonyl (C=O) groups excluding carboxylic acids is 2. The minimum atomic E-state index is -0.892. The third kappa shape index (κ3) is 7.53. The summed E-state index contributed by atoms with van der Waals surface area (Å²) in [6, 6.07) is 19.1. The van der Waals surface area contributed by atoms with E-state index in [0.717, 1.165) is 11.1 Å². The van der Waals surface area contributed by atoms with E-state index in [1.54, 1.807) is 13.8 Å². The topological polar surface area (TPSA) is 117 Å². The number of nitrogens with one attached hydrogen (secondary N) is 2. The largest absolute Gasteiger partial charge is 0.464 e. The van der Waals surface area contributed by atoms with Crippen LogP contribution in [0.2, 0.25) is 0 Å². The van der Waals surface area contributed by atoms with E-state index in [-0.39, 0.29) is 6.61 Å². The Labute approximate surface area is 222 Å². The number of hydrogen-bond acceptors (Lipinski definition) is 8. The highest BCUT2D eigenvalue weighted by molar-refractivity contribution is 5.80. The molecule has 2 saturated heterocycles. The van der Waals surface area contributed by atoms with Gasteiger partial charge >= 0.3 is 11.9 Å². The van der Waals surface area contributed by atoms with Gasteiger partial charge in [-0.2, -0.15) is 0 Å². The lowest BCUT2D eigenvalue weighted by molar-refractivity contribution is -0.222. The van der Waals surface area contributed by atoms with Gasteiger partial charge in [-0.15, -0.1) is 0 Å². The summed E-state index contributed by atoms with van der Waals surface area (Å²) in [5.41, 5.74) is 2.09. The van der Waals surface area contributed by atoms with Crippen molar-refractivity contribution in [2.24, 2.45) is 4.99 Å². The second-order valence-electron chi connectivity index (χ2n) is 9.69. The smallest absolute Gasteiger partial charge is 0.303 e. The zero-order valence-electron chi connectivity index (χ0n) is 22.1. The van der Waals surface area contributed by atoms with Gasteiger partial charge in [0.05, 0.1) is 12.6 Å². The molecule has 0 unspecified atom stereocenters. The summed E-state index contributed by atoms with van der Waals surface area (Å²) in [5, 5.41) is 6.68. The molecule has 204 valence electrons. The summed E-state index contributed by atoms with van der Waals surface area (Å²) in [6.45, 7) is 7.06. The van der Waals surface area contributed by atoms with Crippen LogP contribution in [0.3, 0.4) is 0 Å². The molecule has 10 nitrogen and oxygen atoms in total. The number of hydrogen-bond donors (Lipinski definition) is 2. The lowest BCUT2D eigenvalue weighted by Gasteiger charge is -2.31. The Morgan fingerprint density at radius 1 is 0.974 bits per heavy atom. The third-order valence-electron chi connectivity index (χ3n) is 6.08. The first kappa shape index (κ1) is 27.6. The quantitative estimate of drug-likeness (QED) is 0.290. The number of rotatable bonds is 9. The van der Waals surface area contributed by atoms with Crippen molar-refractivity contribution in [2.45, 2.75) is 77.2 Å². The Hall–Kier alpha value is -3.47. The maximum absolute atomic E-state index is 12.0. The van der Waals surface area contributed by atoms with Gasteiger partial charge in [-0.3, -0.25) is 9.59 Å². The first-order chi connectivity index (χ1) is 18.2. The van der Waals surface area contributed by atoms with Crippen LogP contribution in [0.5, 0.6) is 0 Å². The summed E-state index contributed by atoms with van der Waals surface area (Å²) in [4.78, 5) is 28.5. The molecule has 0 amide bonds. The van der Waals surface area contributed by atoms with Gasteiger partial charge in [0.25, 0.3) is 0 Å². The second kappa shape index (κ2) is 12.4. The molecule has 2 aromatic carbocycles. The average molecular weight is 526 g/mol. The first-order valence-corrected chi connectivity index (χ1v) is 12.6. The molecule has 10 heteroatoms. The highest BCUT2D eigenvalue weighted by atomic mass is 16.8. The van der Waals surface area contributed by atoms with Crippen molar-refractivity contribution in [1.82, 2.24) is 10.6 Å². The number of guanidine groups is 1. The van der Waals surface area contributed by atoms with E-state index in [0.29, 0.717) is 19.0 Å². The highest BCUT2D eigenvalue weighted by Crippen LogP contribution is 2.39. The zero-order valence-corrected chi connectivity index (χ0v) is 22.1. The molecule has 0 bridgehead atoms. The number of ether oxygens (including phenoxy) is 5. The zero-order chi connectivity index (χ0) is 27.1. The van der Waals surface area contributed by atoms with Gasteiger partial charge in [0.2, 0.25) is 0 Å². The SMILES string of the molecule is CC(=O)OC[C@H](NC(=NCc1ccccc1)NCc1ccccc1)[C@H]1O[C@@H]2OC(C)(C)O[C@@H]2[C@H]1OC(C)=O. The number of fused-ring (bicyclic) bond motifs is 1. The normalized spacial score (nSPS) is 24.8. The van der Waals surface area contributed by atoms with Crippen molar-refractivity contribution >= 4 is 17.9 Å². The van der Waals surface area contributed by atoms with Crippen LogP contribution in [0, 0.1) is 0 Å². The van der Waals surface area contributed by atoms with E-state index in [1.165, 1.54) is 13.8 Å². The number of benzene rings is 2. The Kier molecular flexibility index (Phi) is 8.98. The van der Waals surface area contributed by atoms with Crippen molar-refractivity contribution in [1.29, 1.82) is 0 Å². The minimum absolute atomic E-state index is 0.0576. The lowest BCUT2D eigenvalue weighted by Crippen LogP contribution is -2.55. The molecule has 2 aliphatic heterocycles. The van der Waals surface area contributed by atoms with Gasteiger partial charge in [0.15, 0.2) is 30.2 Å². The van der Waals surface area contributed by atoms with Crippen molar-refractivity contribution in [3.8, 4) is 0 Å². The van der Waals surface area contributed by atoms with Crippen LogP contribution in [0.1, 0.15) is 38.8 Å². The molecule has 5 atom stereocenters. The van der Waals surface area contributed by atoms with Crippen LogP contribution in [-0.2, 0) is 46.4 Å². The molecular weight excluding hydrogens is 490 g/mol. The minimum Gasteiger partial charge on any atom is -0.464 e. The summed E-state index contributed by atoms with van der Waals surface area (Å²) in [6.07, 6.45) is -2.92. The predicted molar refractivity (Wildman–Crippen MR) is 139 cm³/mol. The Bertz CT molecular complexity index is 1110. The summed E-state index contributed by atoms with van der Waals surface area (Å²) < 4.78 is 29.1. The maximum atomic E-state index is 12.0. The standard InChI is InChI=1S/C28H35N3O7/c1-18(32)34-17-22(23-24(35-19(2)33)25-26(36-23)38-28(3,4)37-25)31-27(29-15-20-11-7-5-8-12-20)30-16-21-13-9-6-10-14-21/h5-14,22-26H,15-17H2,1-4H3,(H2,29,30,31)/t22-,23+,24-,25+,26+/m0/s1. The number of aliphatic imine (C=N–C) groups is 1. The van der Waals surface area contributed by atoms with Crippen LogP contribution in [0.25, 0.3) is 0 Å². The molecule has 2 aromatic rings. The third-order valence-corrected chi connectivity index (χ3v) is 6.08. The Morgan fingerprint density at radius 3 is 2.26 bits per heavy atom. The lowest BCUT2D eigenvalue weighted by atomic mass is 10.0. The maximum Gasteiger partial charge on any atom is 0.303 e. The van der Waals surface area contributed by atoms with Crippen LogP contribution in [0.15, 0.2) is 65.7 Å². The van der Waals surface area contributed by atoms with Crippen LogP contribution >= 0.6 is 0 Å². The van der Waals surface area contributed by atoms with Gasteiger partial charge in [-0.25, -0.2) is 4.99 Å². The van der Waals surface area contributed by atoms with Crippen LogP contribution in [-0.4, -0.2) is 60.9 Å². The first-order valence-electron chi connectivity index (χ1n) is 12.6. The number of esters is 2. The molecule has 2 N–H and O–H groups in total. The van der Waals surface area contributed by atoms with Gasteiger partial charge in [0, 0.05) is 20.4 Å². The fourth-order valence-electron chi connectivity index (χ4n) is 4.44. The predicted octanol–water partition coefficient (Wildman–Crippen LogP) is 2.66. The summed E-state index contributed by atoms with van der Waals surface area (Å²) >= 11 is 0. The van der Waals surface area contributed by atoms with Gasteiger partial charge < -0.3 is 34.3 Å². The molecule has 2 heterocycles. The number of carbonyl (C=O) groups is 2. The van der Waals surface area contributed by atoms with E-state index in [1.807, 2.05) is 60.7 Å². The van der Waals surface area contributed by atoms with E-state index in [9.17, 15) is 9.59 Å².